The number of carbonyl (C=O) groups excluding carboxylic acids is 1. The maximum Gasteiger partial charge on any atom is 0.275 e. The molecular weight excluding hydrogens is 232 g/mol. The Morgan fingerprint density at radius 3 is 2.67 bits per heavy atom. The van der Waals surface area contributed by atoms with Crippen molar-refractivity contribution < 1.29 is 15.0 Å². The van der Waals surface area contributed by atoms with Gasteiger partial charge in [0.15, 0.2) is 0 Å². The lowest BCUT2D eigenvalue weighted by atomic mass is 10.1. The summed E-state index contributed by atoms with van der Waals surface area (Å²) in [5.41, 5.74) is 3.15. The van der Waals surface area contributed by atoms with Crippen LogP contribution in [0.15, 0.2) is 23.3 Å². The molecule has 0 fully saturated rings. The van der Waals surface area contributed by atoms with Crippen molar-refractivity contribution in [1.29, 1.82) is 0 Å². The lowest BCUT2D eigenvalue weighted by molar-refractivity contribution is 0.0951. The highest BCUT2D eigenvalue weighted by molar-refractivity contribution is 5.97. The van der Waals surface area contributed by atoms with E-state index in [4.69, 9.17) is 0 Å². The Balaban J connectivity index is 2.74. The van der Waals surface area contributed by atoms with Crippen molar-refractivity contribution in [1.82, 2.24) is 5.43 Å². The quantitative estimate of drug-likeness (QED) is 0.435. The minimum absolute atomic E-state index is 0.00361. The molecule has 0 saturated carbocycles. The summed E-state index contributed by atoms with van der Waals surface area (Å²) in [6.07, 6.45) is 0.784. The fraction of sp³-hybridized carbons (Fsp3) is 0.385. The maximum absolute atomic E-state index is 11.7. The Labute approximate surface area is 106 Å². The summed E-state index contributed by atoms with van der Waals surface area (Å²) in [6, 6.07) is 3.76. The van der Waals surface area contributed by atoms with Crippen LogP contribution in [0.4, 0.5) is 0 Å². The molecule has 0 saturated heterocycles. The number of phenols is 2. The monoisotopic (exact) mass is 250 g/mol. The van der Waals surface area contributed by atoms with E-state index in [-0.39, 0.29) is 17.1 Å². The number of rotatable bonds is 4. The van der Waals surface area contributed by atoms with E-state index >= 15 is 0 Å². The number of hydrogen-bond donors (Lipinski definition) is 3. The van der Waals surface area contributed by atoms with E-state index in [1.165, 1.54) is 18.2 Å². The van der Waals surface area contributed by atoms with E-state index in [9.17, 15) is 15.0 Å². The Morgan fingerprint density at radius 1 is 1.39 bits per heavy atom. The number of nitrogens with zero attached hydrogens (tertiary/aromatic N) is 1. The number of carbonyl (C=O) groups is 1. The highest BCUT2D eigenvalue weighted by atomic mass is 16.3. The van der Waals surface area contributed by atoms with Gasteiger partial charge in [0, 0.05) is 5.71 Å². The van der Waals surface area contributed by atoms with Gasteiger partial charge >= 0.3 is 0 Å². The van der Waals surface area contributed by atoms with Crippen LogP contribution >= 0.6 is 0 Å². The lowest BCUT2D eigenvalue weighted by Crippen LogP contribution is -2.19. The zero-order valence-electron chi connectivity index (χ0n) is 10.8. The first-order valence-corrected chi connectivity index (χ1v) is 5.75. The third-order valence-electron chi connectivity index (χ3n) is 2.28. The second-order valence-corrected chi connectivity index (χ2v) is 4.59. The van der Waals surface area contributed by atoms with E-state index in [0.717, 1.165) is 12.1 Å². The molecule has 0 aromatic heterocycles. The molecule has 1 aromatic rings. The summed E-state index contributed by atoms with van der Waals surface area (Å²) in [5, 5.41) is 22.7. The normalized spacial score (nSPS) is 11.7. The van der Waals surface area contributed by atoms with E-state index in [2.05, 4.69) is 24.4 Å². The molecule has 5 heteroatoms. The number of benzene rings is 1. The van der Waals surface area contributed by atoms with E-state index in [1.54, 1.807) is 0 Å². The first-order chi connectivity index (χ1) is 8.40. The van der Waals surface area contributed by atoms with E-state index in [0.29, 0.717) is 5.92 Å². The molecule has 0 radical (unpaired) electrons. The summed E-state index contributed by atoms with van der Waals surface area (Å²) < 4.78 is 0. The van der Waals surface area contributed by atoms with Crippen molar-refractivity contribution in [2.75, 3.05) is 0 Å². The molecular formula is C13H18N2O3. The van der Waals surface area contributed by atoms with Crippen LogP contribution in [0.1, 0.15) is 37.6 Å². The van der Waals surface area contributed by atoms with Crippen LogP contribution < -0.4 is 5.43 Å². The predicted octanol–water partition coefficient (Wildman–Crippen LogP) is 2.25. The standard InChI is InChI=1S/C13H18N2O3/c1-8(2)6-9(3)14-15-13(18)11-7-10(16)4-5-12(11)17/h4-5,7-8,16-17H,6H2,1-3H3,(H,15,18)/b14-9-. The molecule has 98 valence electrons. The van der Waals surface area contributed by atoms with Crippen LogP contribution in [0.5, 0.6) is 11.5 Å². The number of aromatic hydroxyl groups is 2. The molecule has 0 unspecified atom stereocenters. The molecule has 0 heterocycles. The predicted molar refractivity (Wildman–Crippen MR) is 69.8 cm³/mol. The van der Waals surface area contributed by atoms with Crippen molar-refractivity contribution in [2.45, 2.75) is 27.2 Å². The van der Waals surface area contributed by atoms with Gasteiger partial charge in [-0.05, 0) is 37.5 Å². The molecule has 3 N–H and O–H groups in total. The van der Waals surface area contributed by atoms with Gasteiger partial charge in [0.05, 0.1) is 5.56 Å². The molecule has 0 aliphatic rings. The summed E-state index contributed by atoms with van der Waals surface area (Å²) in [6.45, 7) is 5.94. The van der Waals surface area contributed by atoms with Crippen molar-refractivity contribution in [3.8, 4) is 11.5 Å². The average molecular weight is 250 g/mol. The minimum Gasteiger partial charge on any atom is -0.508 e. The summed E-state index contributed by atoms with van der Waals surface area (Å²) in [7, 11) is 0. The molecule has 0 atom stereocenters. The SMILES string of the molecule is C/C(CC(C)C)=N/NC(=O)c1cc(O)ccc1O. The second-order valence-electron chi connectivity index (χ2n) is 4.59. The molecule has 0 bridgehead atoms. The van der Waals surface area contributed by atoms with E-state index in [1.807, 2.05) is 6.92 Å². The smallest absolute Gasteiger partial charge is 0.275 e. The van der Waals surface area contributed by atoms with Gasteiger partial charge in [-0.3, -0.25) is 4.79 Å². The van der Waals surface area contributed by atoms with Gasteiger partial charge in [0.25, 0.3) is 5.91 Å². The largest absolute Gasteiger partial charge is 0.508 e. The van der Waals surface area contributed by atoms with Crippen LogP contribution in [0.25, 0.3) is 0 Å². The van der Waals surface area contributed by atoms with Crippen LogP contribution in [0.2, 0.25) is 0 Å². The Bertz CT molecular complexity index is 467. The number of nitrogens with one attached hydrogen (secondary N) is 1. The molecule has 0 aliphatic carbocycles. The van der Waals surface area contributed by atoms with E-state index < -0.39 is 5.91 Å². The third kappa shape index (κ3) is 4.08. The van der Waals surface area contributed by atoms with Gasteiger partial charge in [-0.2, -0.15) is 5.10 Å². The molecule has 0 aliphatic heterocycles. The highest BCUT2D eigenvalue weighted by Crippen LogP contribution is 2.21. The number of phenolic OH excluding ortho intramolecular Hbond substituents is 2. The number of hydrazone groups is 1. The van der Waals surface area contributed by atoms with Crippen LogP contribution in [0, 0.1) is 5.92 Å². The molecule has 18 heavy (non-hydrogen) atoms. The molecule has 1 aromatic carbocycles. The van der Waals surface area contributed by atoms with Gasteiger partial charge in [0.2, 0.25) is 0 Å². The van der Waals surface area contributed by atoms with Crippen LogP contribution in [-0.2, 0) is 0 Å². The zero-order valence-corrected chi connectivity index (χ0v) is 10.8. The molecule has 5 nitrogen and oxygen atoms in total. The fourth-order valence-corrected chi connectivity index (χ4v) is 1.55. The van der Waals surface area contributed by atoms with Crippen LogP contribution in [-0.4, -0.2) is 21.8 Å². The molecule has 0 spiro atoms. The average Bonchev–Trinajstić information content (AvgIpc) is 2.28. The highest BCUT2D eigenvalue weighted by Gasteiger charge is 2.11. The number of hydrogen-bond acceptors (Lipinski definition) is 4. The summed E-state index contributed by atoms with van der Waals surface area (Å²) in [4.78, 5) is 11.7. The first kappa shape index (κ1) is 14.0. The van der Waals surface area contributed by atoms with Crippen LogP contribution in [0.3, 0.4) is 0 Å². The first-order valence-electron chi connectivity index (χ1n) is 5.75. The summed E-state index contributed by atoms with van der Waals surface area (Å²) >= 11 is 0. The lowest BCUT2D eigenvalue weighted by Gasteiger charge is -2.06. The Hall–Kier alpha value is -2.04. The van der Waals surface area contributed by atoms with Crippen molar-refractivity contribution in [2.24, 2.45) is 11.0 Å². The Morgan fingerprint density at radius 2 is 2.06 bits per heavy atom. The van der Waals surface area contributed by atoms with Crippen molar-refractivity contribution in [3.63, 3.8) is 0 Å². The topological polar surface area (TPSA) is 81.9 Å². The Kier molecular flexibility index (Phi) is 4.71. The van der Waals surface area contributed by atoms with Gasteiger partial charge in [0.1, 0.15) is 11.5 Å². The van der Waals surface area contributed by atoms with Crippen molar-refractivity contribution in [3.05, 3.63) is 23.8 Å². The minimum atomic E-state index is -0.550. The van der Waals surface area contributed by atoms with Gasteiger partial charge in [-0.25, -0.2) is 5.43 Å². The maximum atomic E-state index is 11.7. The molecule has 1 rings (SSSR count). The third-order valence-corrected chi connectivity index (χ3v) is 2.28. The summed E-state index contributed by atoms with van der Waals surface area (Å²) in [5.74, 6) is -0.367. The second kappa shape index (κ2) is 6.05. The van der Waals surface area contributed by atoms with Gasteiger partial charge in [-0.1, -0.05) is 13.8 Å². The zero-order chi connectivity index (χ0) is 13.7. The number of amides is 1. The molecule has 1 amide bonds. The van der Waals surface area contributed by atoms with Gasteiger partial charge in [-0.15, -0.1) is 0 Å². The fourth-order valence-electron chi connectivity index (χ4n) is 1.55. The van der Waals surface area contributed by atoms with Gasteiger partial charge < -0.3 is 10.2 Å². The van der Waals surface area contributed by atoms with Crippen molar-refractivity contribution >= 4 is 11.6 Å².